The first-order chi connectivity index (χ1) is 10.8. The van der Waals surface area contributed by atoms with E-state index in [0.717, 1.165) is 0 Å². The Morgan fingerprint density at radius 1 is 1.13 bits per heavy atom. The number of methoxy groups -OCH3 is 1. The second-order valence-electron chi connectivity index (χ2n) is 6.40. The summed E-state index contributed by atoms with van der Waals surface area (Å²) in [5.41, 5.74) is -0.587. The van der Waals surface area contributed by atoms with Gasteiger partial charge >= 0.3 is 12.1 Å². The van der Waals surface area contributed by atoms with Gasteiger partial charge in [0.2, 0.25) is 0 Å². The molecule has 23 heavy (non-hydrogen) atoms. The molecule has 1 amide bonds. The molecule has 2 rings (SSSR count). The minimum atomic E-state index is -0.626. The van der Waals surface area contributed by atoms with Crippen molar-refractivity contribution in [3.8, 4) is 0 Å². The smallest absolute Gasteiger partial charge is 0.411 e. The molecule has 0 saturated carbocycles. The van der Waals surface area contributed by atoms with Crippen molar-refractivity contribution >= 4 is 12.1 Å². The number of hydrogen-bond acceptors (Lipinski definition) is 6. The highest BCUT2D eigenvalue weighted by Crippen LogP contribution is 2.20. The molecule has 134 valence electrons. The van der Waals surface area contributed by atoms with Crippen LogP contribution in [0.2, 0.25) is 0 Å². The minimum absolute atomic E-state index is 0.331. The first-order valence-corrected chi connectivity index (χ1v) is 8.21. The lowest BCUT2D eigenvalue weighted by Crippen LogP contribution is -2.63. The van der Waals surface area contributed by atoms with Gasteiger partial charge in [0.1, 0.15) is 11.6 Å². The molecule has 7 nitrogen and oxygen atoms in total. The summed E-state index contributed by atoms with van der Waals surface area (Å²) >= 11 is 0. The summed E-state index contributed by atoms with van der Waals surface area (Å²) in [5, 5.41) is 0. The van der Waals surface area contributed by atoms with Crippen LogP contribution in [-0.2, 0) is 19.0 Å². The van der Waals surface area contributed by atoms with Gasteiger partial charge in [-0.1, -0.05) is 13.8 Å². The van der Waals surface area contributed by atoms with Gasteiger partial charge in [0.25, 0.3) is 0 Å². The molecular weight excluding hydrogens is 300 g/mol. The van der Waals surface area contributed by atoms with Crippen LogP contribution in [0.3, 0.4) is 0 Å². The molecular formula is C16H30N2O5. The lowest BCUT2D eigenvalue weighted by atomic mass is 10.1. The number of piperazine rings is 1. The minimum Gasteiger partial charge on any atom is -0.467 e. The van der Waals surface area contributed by atoms with Gasteiger partial charge in [-0.25, -0.2) is 9.59 Å². The van der Waals surface area contributed by atoms with E-state index in [4.69, 9.17) is 14.2 Å². The number of nitrogens with zero attached hydrogens (tertiary/aromatic N) is 2. The lowest BCUT2D eigenvalue weighted by Gasteiger charge is -2.45. The van der Waals surface area contributed by atoms with E-state index < -0.39 is 23.7 Å². The fourth-order valence-corrected chi connectivity index (χ4v) is 2.45. The Kier molecular flexibility index (Phi) is 7.28. The number of hydrogen-bond donors (Lipinski definition) is 0. The quantitative estimate of drug-likeness (QED) is 0.715. The number of carbonyl (C=O) groups excluding carboxylic acids is 2. The SMILES string of the molecule is CC.COC(=O)C1CN(C2COC2)CCN1C(=O)OC(C)(C)C. The number of rotatable bonds is 2. The first kappa shape index (κ1) is 19.7. The monoisotopic (exact) mass is 330 g/mol. The van der Waals surface area contributed by atoms with Gasteiger partial charge in [0.15, 0.2) is 0 Å². The summed E-state index contributed by atoms with van der Waals surface area (Å²) in [6, 6.07) is -0.294. The predicted octanol–water partition coefficient (Wildman–Crippen LogP) is 1.51. The zero-order valence-electron chi connectivity index (χ0n) is 15.1. The molecule has 2 aliphatic heterocycles. The largest absolute Gasteiger partial charge is 0.467 e. The molecule has 2 heterocycles. The fourth-order valence-electron chi connectivity index (χ4n) is 2.45. The molecule has 2 aliphatic rings. The van der Waals surface area contributed by atoms with E-state index >= 15 is 0 Å². The number of amides is 1. The Morgan fingerprint density at radius 3 is 2.17 bits per heavy atom. The average Bonchev–Trinajstić information content (AvgIpc) is 2.45. The summed E-state index contributed by atoms with van der Waals surface area (Å²) in [4.78, 5) is 27.9. The van der Waals surface area contributed by atoms with Crippen LogP contribution in [0.25, 0.3) is 0 Å². The van der Waals surface area contributed by atoms with Crippen molar-refractivity contribution in [3.05, 3.63) is 0 Å². The van der Waals surface area contributed by atoms with Gasteiger partial charge in [0, 0.05) is 19.6 Å². The summed E-state index contributed by atoms with van der Waals surface area (Å²) in [5.74, 6) is -0.411. The molecule has 0 aromatic carbocycles. The predicted molar refractivity (Wildman–Crippen MR) is 86.3 cm³/mol. The Hall–Kier alpha value is -1.34. The third kappa shape index (κ3) is 5.35. The molecule has 0 aromatic heterocycles. The molecule has 7 heteroatoms. The van der Waals surface area contributed by atoms with Gasteiger partial charge in [-0.2, -0.15) is 0 Å². The van der Waals surface area contributed by atoms with Crippen LogP contribution in [0.15, 0.2) is 0 Å². The van der Waals surface area contributed by atoms with E-state index in [1.165, 1.54) is 12.0 Å². The third-order valence-electron chi connectivity index (χ3n) is 3.65. The van der Waals surface area contributed by atoms with Crippen LogP contribution < -0.4 is 0 Å². The summed E-state index contributed by atoms with van der Waals surface area (Å²) in [6.07, 6.45) is -0.470. The van der Waals surface area contributed by atoms with Crippen LogP contribution >= 0.6 is 0 Å². The van der Waals surface area contributed by atoms with Crippen LogP contribution in [0, 0.1) is 0 Å². The molecule has 0 N–H and O–H groups in total. The molecule has 0 aromatic rings. The number of carbonyl (C=O) groups is 2. The highest BCUT2D eigenvalue weighted by molar-refractivity contribution is 5.82. The molecule has 2 saturated heterocycles. The van der Waals surface area contributed by atoms with Gasteiger partial charge in [-0.15, -0.1) is 0 Å². The van der Waals surface area contributed by atoms with E-state index in [9.17, 15) is 9.59 Å². The van der Waals surface area contributed by atoms with Crippen molar-refractivity contribution in [1.29, 1.82) is 0 Å². The molecule has 0 aliphatic carbocycles. The molecule has 0 bridgehead atoms. The van der Waals surface area contributed by atoms with Crippen molar-refractivity contribution in [2.45, 2.75) is 52.3 Å². The van der Waals surface area contributed by atoms with Crippen molar-refractivity contribution in [1.82, 2.24) is 9.80 Å². The Labute approximate surface area is 138 Å². The normalized spacial score (nSPS) is 22.5. The maximum absolute atomic E-state index is 12.3. The van der Waals surface area contributed by atoms with Gasteiger partial charge in [0.05, 0.1) is 26.4 Å². The first-order valence-electron chi connectivity index (χ1n) is 8.21. The maximum Gasteiger partial charge on any atom is 0.411 e. The molecule has 0 radical (unpaired) electrons. The highest BCUT2D eigenvalue weighted by atomic mass is 16.6. The van der Waals surface area contributed by atoms with Crippen LogP contribution in [0.1, 0.15) is 34.6 Å². The molecule has 2 fully saturated rings. The van der Waals surface area contributed by atoms with Crippen LogP contribution in [0.4, 0.5) is 4.79 Å². The van der Waals surface area contributed by atoms with E-state index in [-0.39, 0.29) is 0 Å². The summed E-state index contributed by atoms with van der Waals surface area (Å²) < 4.78 is 15.4. The zero-order valence-corrected chi connectivity index (χ0v) is 15.1. The van der Waals surface area contributed by atoms with Crippen molar-refractivity contribution in [2.24, 2.45) is 0 Å². The molecule has 0 spiro atoms. The topological polar surface area (TPSA) is 68.3 Å². The van der Waals surface area contributed by atoms with Gasteiger partial charge in [-0.05, 0) is 20.8 Å². The van der Waals surface area contributed by atoms with Crippen LogP contribution in [-0.4, -0.2) is 79.5 Å². The maximum atomic E-state index is 12.3. The highest BCUT2D eigenvalue weighted by Gasteiger charge is 2.41. The molecule has 1 atom stereocenters. The summed E-state index contributed by atoms with van der Waals surface area (Å²) in [7, 11) is 1.33. The standard InChI is InChI=1S/C14H24N2O5.C2H6/c1-14(2,3)21-13(18)16-6-5-15(10-8-20-9-10)7-11(16)12(17)19-4;1-2/h10-11H,5-9H2,1-4H3;1-2H3. The Balaban J connectivity index is 0.00000127. The lowest BCUT2D eigenvalue weighted by molar-refractivity contribution is -0.152. The van der Waals surface area contributed by atoms with Gasteiger partial charge < -0.3 is 14.2 Å². The van der Waals surface area contributed by atoms with Gasteiger partial charge in [-0.3, -0.25) is 9.80 Å². The van der Waals surface area contributed by atoms with E-state index in [2.05, 4.69) is 4.90 Å². The van der Waals surface area contributed by atoms with E-state index in [1.807, 2.05) is 13.8 Å². The second kappa shape index (κ2) is 8.49. The second-order valence-corrected chi connectivity index (χ2v) is 6.40. The van der Waals surface area contributed by atoms with Crippen LogP contribution in [0.5, 0.6) is 0 Å². The molecule has 1 unspecified atom stereocenters. The Morgan fingerprint density at radius 2 is 1.74 bits per heavy atom. The average molecular weight is 330 g/mol. The number of ether oxygens (including phenoxy) is 3. The van der Waals surface area contributed by atoms with E-state index in [0.29, 0.717) is 38.9 Å². The summed E-state index contributed by atoms with van der Waals surface area (Å²) in [6.45, 7) is 12.4. The van der Waals surface area contributed by atoms with E-state index in [1.54, 1.807) is 20.8 Å². The fraction of sp³-hybridized carbons (Fsp3) is 0.875. The Bertz CT molecular complexity index is 404. The van der Waals surface area contributed by atoms with Crippen molar-refractivity contribution < 1.29 is 23.8 Å². The van der Waals surface area contributed by atoms with Crippen molar-refractivity contribution in [2.75, 3.05) is 40.0 Å². The third-order valence-corrected chi connectivity index (χ3v) is 3.65. The number of esters is 1. The van der Waals surface area contributed by atoms with Crippen molar-refractivity contribution in [3.63, 3.8) is 0 Å². The zero-order chi connectivity index (χ0) is 17.6.